The number of rotatable bonds is 42. The van der Waals surface area contributed by atoms with E-state index in [-0.39, 0.29) is 38.1 Å². The number of aliphatic carboxylic acids is 4. The summed E-state index contributed by atoms with van der Waals surface area (Å²) in [6, 6.07) is -20.2. The Labute approximate surface area is 494 Å². The zero-order chi connectivity index (χ0) is 67.5. The number of ketones is 7. The summed E-state index contributed by atoms with van der Waals surface area (Å²) in [5, 5.41) is 46.8. The fourth-order valence-electron chi connectivity index (χ4n) is 10.2. The third kappa shape index (κ3) is 16.5. The van der Waals surface area contributed by atoms with Gasteiger partial charge in [0.15, 0.2) is 57.3 Å². The van der Waals surface area contributed by atoms with Crippen LogP contribution in [0.25, 0.3) is 0 Å². The van der Waals surface area contributed by atoms with Crippen LogP contribution >= 0.6 is 0 Å². The minimum Gasteiger partial charge on any atom is -0.481 e. The van der Waals surface area contributed by atoms with E-state index in [4.69, 9.17) is 68.8 Å². The molecule has 0 rings (SSSR count). The maximum Gasteiger partial charge on any atom is 0.339 e. The fourth-order valence-corrected chi connectivity index (χ4v) is 10.2. The molecule has 0 fully saturated rings. The summed E-state index contributed by atoms with van der Waals surface area (Å²) in [5.41, 5.74) is 53.1. The first-order valence-corrected chi connectivity index (χ1v) is 27.2. The van der Waals surface area contributed by atoms with Crippen molar-refractivity contribution in [1.82, 2.24) is 15.5 Å². The van der Waals surface area contributed by atoms with Gasteiger partial charge in [-0.2, -0.15) is 0 Å². The Hall–Kier alpha value is -7.48. The van der Waals surface area contributed by atoms with E-state index in [2.05, 4.69) is 10.3 Å². The number of unbranched alkanes of at least 4 members (excludes halogenated alkanes) is 1. The first-order valence-electron chi connectivity index (χ1n) is 27.2. The fraction of sp³-hybridized carbons (Fsp3) is 0.686. The van der Waals surface area contributed by atoms with Crippen molar-refractivity contribution in [3.63, 3.8) is 0 Å². The van der Waals surface area contributed by atoms with Crippen LogP contribution in [0.5, 0.6) is 0 Å². The van der Waals surface area contributed by atoms with E-state index in [1.165, 1.54) is 0 Å². The number of Topliss-reactive ketones (excluding diaryl/α,β-unsaturated/α-hetero) is 7. The number of amides is 4. The molecule has 4 amide bonds. The summed E-state index contributed by atoms with van der Waals surface area (Å²) in [5.74, 6) is -40.0. The molecule has 0 aromatic heterocycles. The van der Waals surface area contributed by atoms with Crippen molar-refractivity contribution in [2.24, 2.45) is 102 Å². The Balaban J connectivity index is 12.2. The van der Waals surface area contributed by atoms with Crippen LogP contribution in [0, 0.1) is 28.6 Å². The number of hydrogen-bond donors (Lipinski definition) is 18. The van der Waals surface area contributed by atoms with Gasteiger partial charge in [-0.05, 0) is 63.3 Å². The summed E-state index contributed by atoms with van der Waals surface area (Å²) in [7, 11) is 0. The smallest absolute Gasteiger partial charge is 0.339 e. The molecule has 0 aromatic rings. The molecule has 11 unspecified atom stereocenters. The van der Waals surface area contributed by atoms with Gasteiger partial charge in [0.25, 0.3) is 0 Å². The van der Waals surface area contributed by atoms with E-state index in [0.717, 1.165) is 27.7 Å². The first kappa shape index (κ1) is 78.5. The van der Waals surface area contributed by atoms with E-state index in [9.17, 15) is 44.4 Å². The molecule has 486 valence electrons. The quantitative estimate of drug-likeness (QED) is 0.0117. The second kappa shape index (κ2) is 33.4. The molecule has 0 aliphatic carbocycles. The number of carbonyl (C=O) groups is 15. The molecule has 30 N–H and O–H groups in total. The molecule has 0 heterocycles. The van der Waals surface area contributed by atoms with Gasteiger partial charge in [-0.1, -0.05) is 48.0 Å². The lowest BCUT2D eigenvalue weighted by Crippen LogP contribution is -2.91. The number of carboxylic acid groups (broad SMARTS) is 4. The molecule has 0 radical (unpaired) electrons. The van der Waals surface area contributed by atoms with Crippen LogP contribution in [0.4, 0.5) is 0 Å². The van der Waals surface area contributed by atoms with Crippen LogP contribution in [0.3, 0.4) is 0 Å². The lowest BCUT2D eigenvalue weighted by atomic mass is 9.37. The number of guanidine groups is 1. The maximum absolute atomic E-state index is 17.1. The Morgan fingerprint density at radius 3 is 1.41 bits per heavy atom. The molecular weight excluding hydrogens is 1140 g/mol. The van der Waals surface area contributed by atoms with E-state index < -0.39 is 233 Å². The second-order valence-electron chi connectivity index (χ2n) is 21.8. The van der Waals surface area contributed by atoms with E-state index >= 15 is 47.9 Å². The van der Waals surface area contributed by atoms with E-state index in [0.29, 0.717) is 6.92 Å². The maximum atomic E-state index is 17.1. The number of nitrogens with zero attached hydrogens (tertiary/aromatic N) is 2. The predicted octanol–water partition coefficient (Wildman–Crippen LogP) is -8.35. The SMILES string of the molecule is CC(C)CC(N)C(=O)NCC(=O)N(C(=O)C(C)N)C(C(=O)O)(C(=O)C(N)CCC(=O)O)C(C(=O)CN)(C(=O)CN)C(C(=O)C(N)CCC(=O)O)(C(=O)C(N)C(C)C)C(N=C(N)N)(C(=O)C(N)CC(=O)O)C(=O)C(NC(=O)C(N)CCCCN)C(C)C. The van der Waals surface area contributed by atoms with E-state index in [1.807, 2.05) is 5.32 Å². The predicted molar refractivity (Wildman–Crippen MR) is 303 cm³/mol. The molecule has 35 nitrogen and oxygen atoms in total. The summed E-state index contributed by atoms with van der Waals surface area (Å²) in [6.45, 7) is 2.05. The molecule has 0 aliphatic rings. The van der Waals surface area contributed by atoms with Crippen LogP contribution in [0.1, 0.15) is 106 Å². The normalized spacial score (nSPS) is 16.6. The molecule has 0 saturated heterocycles. The van der Waals surface area contributed by atoms with Crippen molar-refractivity contribution < 1.29 is 92.3 Å². The lowest BCUT2D eigenvalue weighted by molar-refractivity contribution is -0.204. The van der Waals surface area contributed by atoms with Crippen LogP contribution in [-0.4, -0.2) is 205 Å². The summed E-state index contributed by atoms with van der Waals surface area (Å²) < 4.78 is 0. The molecule has 35 heteroatoms. The number of carboxylic acids is 4. The first-order chi connectivity index (χ1) is 39.6. The largest absolute Gasteiger partial charge is 0.481 e. The Morgan fingerprint density at radius 2 is 1.02 bits per heavy atom. The zero-order valence-electron chi connectivity index (χ0n) is 49.3. The van der Waals surface area contributed by atoms with Crippen LogP contribution < -0.4 is 79.4 Å². The Morgan fingerprint density at radius 1 is 0.535 bits per heavy atom. The van der Waals surface area contributed by atoms with Crippen LogP contribution in [0.2, 0.25) is 0 Å². The third-order valence-electron chi connectivity index (χ3n) is 14.3. The number of nitrogens with one attached hydrogen (secondary N) is 2. The highest BCUT2D eigenvalue weighted by molar-refractivity contribution is 6.38. The molecule has 86 heavy (non-hydrogen) atoms. The van der Waals surface area contributed by atoms with Gasteiger partial charge in [-0.15, -0.1) is 0 Å². The van der Waals surface area contributed by atoms with Gasteiger partial charge < -0.3 is 99.9 Å². The lowest BCUT2D eigenvalue weighted by Gasteiger charge is -2.61. The Bertz CT molecular complexity index is 2600. The number of imide groups is 1. The van der Waals surface area contributed by atoms with Crippen molar-refractivity contribution in [3.8, 4) is 0 Å². The van der Waals surface area contributed by atoms with Gasteiger partial charge in [-0.25, -0.2) is 9.79 Å². The average molecular weight is 1230 g/mol. The van der Waals surface area contributed by atoms with Crippen molar-refractivity contribution in [1.29, 1.82) is 0 Å². The van der Waals surface area contributed by atoms with Gasteiger partial charge in [0.2, 0.25) is 34.7 Å². The van der Waals surface area contributed by atoms with Crippen LogP contribution in [-0.2, 0) is 71.9 Å². The standard InChI is InChI=1S/C51H88N16O19/c1-21(2)16-29(60)43(82)64-20-32(70)67(45(84)24(7)55)51(46(85)86,40(79)26(57)12-14-34(73)74)48(30(68)18-53,31(69)19-54)49(41(80)36(61)22(3)4,38(77)25(56)11-13-33(71)72)50(66-47(62)63,39(78)28(59)17-35(75)76)42(81)37(23(5)6)65-44(83)27(58)10-8-9-15-52/h21-29,36-37H,8-20,52-61H2,1-7H3,(H,64,82)(H,65,83)(H,71,72)(H,73,74)(H,75,76)(H,85,86)(H4,62,63,66). The van der Waals surface area contributed by atoms with Gasteiger partial charge in [0.05, 0.1) is 74.4 Å². The zero-order valence-corrected chi connectivity index (χ0v) is 49.3. The van der Waals surface area contributed by atoms with Gasteiger partial charge in [-0.3, -0.25) is 72.0 Å². The minimum atomic E-state index is -5.50. The van der Waals surface area contributed by atoms with E-state index in [1.54, 1.807) is 13.8 Å². The molecule has 0 saturated carbocycles. The van der Waals surface area contributed by atoms with Gasteiger partial charge in [0.1, 0.15) is 0 Å². The molecule has 0 aromatic carbocycles. The highest BCUT2D eigenvalue weighted by Crippen LogP contribution is 2.62. The summed E-state index contributed by atoms with van der Waals surface area (Å²) in [4.78, 5) is 232. The molecular formula is C51H88N16O19. The van der Waals surface area contributed by atoms with Crippen molar-refractivity contribution >= 4 is 93.9 Å². The number of hydrogen-bond acceptors (Lipinski definition) is 26. The van der Waals surface area contributed by atoms with Crippen molar-refractivity contribution in [2.45, 2.75) is 166 Å². The number of nitrogens with two attached hydrogens (primary N) is 12. The monoisotopic (exact) mass is 1230 g/mol. The van der Waals surface area contributed by atoms with Gasteiger partial charge in [0, 0.05) is 12.8 Å². The average Bonchev–Trinajstić information content (AvgIpc) is 0.656. The van der Waals surface area contributed by atoms with Gasteiger partial charge >= 0.3 is 23.9 Å². The molecule has 11 atom stereocenters. The minimum absolute atomic E-state index is 0.0773. The number of aliphatic imine (C=N–C) groups is 1. The molecule has 0 aliphatic heterocycles. The third-order valence-corrected chi connectivity index (χ3v) is 14.3. The summed E-state index contributed by atoms with van der Waals surface area (Å²) in [6.07, 6.45) is -7.32. The second-order valence-corrected chi connectivity index (χ2v) is 21.8. The highest BCUT2D eigenvalue weighted by atomic mass is 16.4. The topological polar surface area (TPSA) is 689 Å². The number of carbonyl (C=O) groups excluding carboxylic acids is 11. The van der Waals surface area contributed by atoms with Crippen molar-refractivity contribution in [3.05, 3.63) is 0 Å². The molecule has 0 spiro atoms. The Kier molecular flexibility index (Phi) is 30.5. The molecule has 0 bridgehead atoms. The summed E-state index contributed by atoms with van der Waals surface area (Å²) >= 11 is 0. The highest BCUT2D eigenvalue weighted by Gasteiger charge is 2.90. The van der Waals surface area contributed by atoms with Crippen molar-refractivity contribution in [2.75, 3.05) is 26.2 Å². The van der Waals surface area contributed by atoms with Crippen LogP contribution in [0.15, 0.2) is 4.99 Å².